The van der Waals surface area contributed by atoms with Crippen LogP contribution in [0.25, 0.3) is 0 Å². The lowest BCUT2D eigenvalue weighted by Gasteiger charge is -2.47. The lowest BCUT2D eigenvalue weighted by molar-refractivity contribution is -0.136. The highest BCUT2D eigenvalue weighted by Gasteiger charge is 2.42. The fourth-order valence-corrected chi connectivity index (χ4v) is 4.21. The van der Waals surface area contributed by atoms with E-state index in [1.165, 1.54) is 30.4 Å². The van der Waals surface area contributed by atoms with Crippen LogP contribution in [0, 0.1) is 0 Å². The van der Waals surface area contributed by atoms with Crippen molar-refractivity contribution in [3.63, 3.8) is 0 Å². The Kier molecular flexibility index (Phi) is 3.90. The molecule has 2 heterocycles. The van der Waals surface area contributed by atoms with E-state index < -0.39 is 0 Å². The van der Waals surface area contributed by atoms with E-state index in [-0.39, 0.29) is 11.5 Å². The molecule has 1 saturated carbocycles. The Morgan fingerprint density at radius 2 is 2.22 bits per heavy atom. The Bertz CT molecular complexity index is 609. The van der Waals surface area contributed by atoms with Gasteiger partial charge in [0.25, 0.3) is 0 Å². The summed E-state index contributed by atoms with van der Waals surface area (Å²) in [5.41, 5.74) is 3.75. The molecule has 4 nitrogen and oxygen atoms in total. The first-order valence-electron chi connectivity index (χ1n) is 8.96. The molecule has 2 atom stereocenters. The molecule has 3 aliphatic rings. The van der Waals surface area contributed by atoms with Gasteiger partial charge in [0.1, 0.15) is 0 Å². The molecular formula is C19H26N2O2. The first kappa shape index (κ1) is 15.2. The maximum Gasteiger partial charge on any atom is 0.224 e. The van der Waals surface area contributed by atoms with Crippen molar-refractivity contribution in [2.75, 3.05) is 11.9 Å². The quantitative estimate of drug-likeness (QED) is 0.900. The molecule has 23 heavy (non-hydrogen) atoms. The summed E-state index contributed by atoms with van der Waals surface area (Å²) < 4.78 is 6.02. The van der Waals surface area contributed by atoms with Gasteiger partial charge in [-0.2, -0.15) is 0 Å². The number of benzene rings is 1. The minimum absolute atomic E-state index is 0.129. The molecule has 0 unspecified atom stereocenters. The zero-order valence-corrected chi connectivity index (χ0v) is 13.9. The van der Waals surface area contributed by atoms with Gasteiger partial charge in [-0.25, -0.2) is 0 Å². The van der Waals surface area contributed by atoms with Crippen molar-refractivity contribution in [3.8, 4) is 0 Å². The van der Waals surface area contributed by atoms with E-state index in [0.717, 1.165) is 31.6 Å². The van der Waals surface area contributed by atoms with Crippen LogP contribution >= 0.6 is 0 Å². The third-order valence-electron chi connectivity index (χ3n) is 5.77. The molecule has 0 aromatic heterocycles. The minimum atomic E-state index is 0.129. The van der Waals surface area contributed by atoms with E-state index in [1.54, 1.807) is 0 Å². The molecule has 2 N–H and O–H groups in total. The highest BCUT2D eigenvalue weighted by Crippen LogP contribution is 2.42. The maximum absolute atomic E-state index is 11.5. The van der Waals surface area contributed by atoms with Crippen LogP contribution in [0.5, 0.6) is 0 Å². The number of aryl methyl sites for hydroxylation is 1. The summed E-state index contributed by atoms with van der Waals surface area (Å²) in [7, 11) is 0. The predicted octanol–water partition coefficient (Wildman–Crippen LogP) is 3.32. The summed E-state index contributed by atoms with van der Waals surface area (Å²) in [6.45, 7) is 3.13. The van der Waals surface area contributed by atoms with Gasteiger partial charge in [-0.1, -0.05) is 12.1 Å². The molecule has 1 amide bonds. The van der Waals surface area contributed by atoms with Gasteiger partial charge >= 0.3 is 0 Å². The van der Waals surface area contributed by atoms with E-state index in [9.17, 15) is 4.79 Å². The standard InChI is InChI=1S/C19H26N2O2/c1-13(20-16-7-10-23-19(12-16)8-2-9-19)14-3-5-17-15(11-14)4-6-18(22)21-17/h3,5,11,13,16,20H,2,4,6-10,12H2,1H3,(H,21,22)/t13-,16-/m1/s1. The maximum atomic E-state index is 11.5. The first-order valence-corrected chi connectivity index (χ1v) is 8.96. The monoisotopic (exact) mass is 314 g/mol. The molecule has 4 heteroatoms. The lowest BCUT2D eigenvalue weighted by atomic mass is 9.74. The van der Waals surface area contributed by atoms with Gasteiger partial charge in [0.2, 0.25) is 5.91 Å². The van der Waals surface area contributed by atoms with Crippen LogP contribution in [0.1, 0.15) is 62.6 Å². The average Bonchev–Trinajstić information content (AvgIpc) is 2.53. The average molecular weight is 314 g/mol. The van der Waals surface area contributed by atoms with Crippen LogP contribution < -0.4 is 10.6 Å². The van der Waals surface area contributed by atoms with E-state index in [1.807, 2.05) is 0 Å². The summed E-state index contributed by atoms with van der Waals surface area (Å²) in [6.07, 6.45) is 7.49. The van der Waals surface area contributed by atoms with Gasteiger partial charge < -0.3 is 15.4 Å². The van der Waals surface area contributed by atoms with Crippen molar-refractivity contribution in [2.24, 2.45) is 0 Å². The summed E-state index contributed by atoms with van der Waals surface area (Å²) in [5.74, 6) is 0.129. The molecule has 1 aromatic rings. The fourth-order valence-electron chi connectivity index (χ4n) is 4.21. The predicted molar refractivity (Wildman–Crippen MR) is 90.5 cm³/mol. The van der Waals surface area contributed by atoms with E-state index in [0.29, 0.717) is 18.5 Å². The van der Waals surface area contributed by atoms with E-state index in [2.05, 4.69) is 35.8 Å². The number of amides is 1. The van der Waals surface area contributed by atoms with Crippen LogP contribution in [-0.4, -0.2) is 24.2 Å². The van der Waals surface area contributed by atoms with E-state index >= 15 is 0 Å². The Morgan fingerprint density at radius 3 is 3.00 bits per heavy atom. The SMILES string of the molecule is C[C@@H](N[C@@H]1CCOC2(CCC2)C1)c1ccc2c(c1)CCC(=O)N2. The summed E-state index contributed by atoms with van der Waals surface area (Å²) in [4.78, 5) is 11.5. The number of hydrogen-bond donors (Lipinski definition) is 2. The zero-order valence-electron chi connectivity index (χ0n) is 13.9. The van der Waals surface area contributed by atoms with Gasteiger partial charge in [0, 0.05) is 30.8 Å². The number of ether oxygens (including phenoxy) is 1. The fraction of sp³-hybridized carbons (Fsp3) is 0.632. The van der Waals surface area contributed by atoms with Gasteiger partial charge in [0.05, 0.1) is 5.60 Å². The van der Waals surface area contributed by atoms with Crippen LogP contribution in [-0.2, 0) is 16.0 Å². The van der Waals surface area contributed by atoms with Crippen molar-refractivity contribution < 1.29 is 9.53 Å². The Labute approximate surface area is 138 Å². The molecule has 1 spiro atoms. The second kappa shape index (κ2) is 5.91. The van der Waals surface area contributed by atoms with E-state index in [4.69, 9.17) is 4.74 Å². The summed E-state index contributed by atoms with van der Waals surface area (Å²) >= 11 is 0. The summed E-state index contributed by atoms with van der Waals surface area (Å²) in [6, 6.07) is 7.33. The smallest absolute Gasteiger partial charge is 0.224 e. The lowest BCUT2D eigenvalue weighted by Crippen LogP contribution is -2.51. The molecule has 4 rings (SSSR count). The Morgan fingerprint density at radius 1 is 1.35 bits per heavy atom. The van der Waals surface area contributed by atoms with Crippen LogP contribution in [0.2, 0.25) is 0 Å². The zero-order chi connectivity index (χ0) is 15.9. The molecule has 2 aliphatic heterocycles. The number of nitrogens with one attached hydrogen (secondary N) is 2. The third-order valence-corrected chi connectivity index (χ3v) is 5.77. The van der Waals surface area contributed by atoms with Crippen molar-refractivity contribution in [3.05, 3.63) is 29.3 Å². The van der Waals surface area contributed by atoms with Crippen LogP contribution in [0.4, 0.5) is 5.69 Å². The number of anilines is 1. The van der Waals surface area contributed by atoms with Crippen LogP contribution in [0.15, 0.2) is 18.2 Å². The van der Waals surface area contributed by atoms with Crippen molar-refractivity contribution in [1.29, 1.82) is 0 Å². The minimum Gasteiger partial charge on any atom is -0.375 e. The largest absolute Gasteiger partial charge is 0.375 e. The van der Waals surface area contributed by atoms with Crippen molar-refractivity contribution in [1.82, 2.24) is 5.32 Å². The molecule has 0 bridgehead atoms. The second-order valence-electron chi connectivity index (χ2n) is 7.43. The van der Waals surface area contributed by atoms with Crippen LogP contribution in [0.3, 0.4) is 0 Å². The number of carbonyl (C=O) groups excluding carboxylic acids is 1. The van der Waals surface area contributed by atoms with Crippen molar-refractivity contribution >= 4 is 11.6 Å². The van der Waals surface area contributed by atoms with Gasteiger partial charge in [-0.05, 0) is 62.6 Å². The molecule has 2 fully saturated rings. The van der Waals surface area contributed by atoms with Gasteiger partial charge in [-0.15, -0.1) is 0 Å². The van der Waals surface area contributed by atoms with Gasteiger partial charge in [0.15, 0.2) is 0 Å². The van der Waals surface area contributed by atoms with Crippen molar-refractivity contribution in [2.45, 2.75) is 69.6 Å². The van der Waals surface area contributed by atoms with Gasteiger partial charge in [-0.3, -0.25) is 4.79 Å². The number of hydrogen-bond acceptors (Lipinski definition) is 3. The molecule has 1 aliphatic carbocycles. The topological polar surface area (TPSA) is 50.4 Å². The molecule has 1 saturated heterocycles. The molecule has 0 radical (unpaired) electrons. The Hall–Kier alpha value is -1.39. The Balaban J connectivity index is 1.42. The summed E-state index contributed by atoms with van der Waals surface area (Å²) in [5, 5.41) is 6.76. The number of fused-ring (bicyclic) bond motifs is 1. The molecule has 124 valence electrons. The third kappa shape index (κ3) is 3.02. The highest BCUT2D eigenvalue weighted by atomic mass is 16.5. The number of rotatable bonds is 3. The molecule has 1 aromatic carbocycles. The normalized spacial score (nSPS) is 27.0. The second-order valence-corrected chi connectivity index (χ2v) is 7.43. The first-order chi connectivity index (χ1) is 11.1. The molecular weight excluding hydrogens is 288 g/mol. The highest BCUT2D eigenvalue weighted by molar-refractivity contribution is 5.93. The number of carbonyl (C=O) groups is 1.